The second-order valence-corrected chi connectivity index (χ2v) is 11.7. The second-order valence-electron chi connectivity index (χ2n) is 11.7. The number of rotatable bonds is 6. The molecule has 8 aromatic rings. The molecule has 10 heteroatoms. The zero-order valence-corrected chi connectivity index (χ0v) is 27.7. The monoisotopic (exact) mass is 653 g/mol. The van der Waals surface area contributed by atoms with E-state index in [2.05, 4.69) is 54.8 Å². The Labute approximate surface area is 291 Å². The number of primary amides is 1. The first-order chi connectivity index (χ1) is 23.9. The van der Waals surface area contributed by atoms with Crippen molar-refractivity contribution in [3.63, 3.8) is 0 Å². The Bertz CT molecular complexity index is 2470. The number of hydrogen-bond donors (Lipinski definition) is 2. The third-order valence-electron chi connectivity index (χ3n) is 8.35. The van der Waals surface area contributed by atoms with E-state index in [1.807, 2.05) is 111 Å². The van der Waals surface area contributed by atoms with Crippen molar-refractivity contribution in [1.82, 2.24) is 28.7 Å². The van der Waals surface area contributed by atoms with E-state index < -0.39 is 5.91 Å². The number of benzene rings is 2. The number of carbonyl (C=O) groups excluding carboxylic acids is 1. The fourth-order valence-electron chi connectivity index (χ4n) is 5.97. The molecular weight excluding hydrogens is 619 g/mol. The molecule has 9 nitrogen and oxygen atoms in total. The highest BCUT2D eigenvalue weighted by Gasteiger charge is 2.13. The number of hydrogen-bond acceptors (Lipinski definition) is 6. The highest BCUT2D eigenvalue weighted by molar-refractivity contribution is 5.92. The van der Waals surface area contributed by atoms with Gasteiger partial charge in [-0.05, 0) is 84.6 Å². The summed E-state index contributed by atoms with van der Waals surface area (Å²) in [7, 11) is 0. The number of amides is 1. The van der Waals surface area contributed by atoms with Crippen LogP contribution in [0.1, 0.15) is 27.6 Å². The van der Waals surface area contributed by atoms with E-state index in [1.54, 1.807) is 4.40 Å². The molecule has 0 saturated carbocycles. The highest BCUT2D eigenvalue weighted by Crippen LogP contribution is 2.33. The van der Waals surface area contributed by atoms with Gasteiger partial charge < -0.3 is 15.9 Å². The molecule has 0 aliphatic rings. The number of aromatic nitrogens is 6. The van der Waals surface area contributed by atoms with Crippen LogP contribution in [-0.2, 0) is 6.54 Å². The summed E-state index contributed by atoms with van der Waals surface area (Å²) < 4.78 is 3.77. The maximum Gasteiger partial charge on any atom is 0.267 e. The topological polar surface area (TPSA) is 129 Å². The summed E-state index contributed by atoms with van der Waals surface area (Å²) in [5.41, 5.74) is 24.5. The SMILES string of the molecule is Cc1cccc(-c2ccccc2-c2ccc3ncc(C(N)=O)n3c2)n1.Cc1cccc(-c2ccccc2-c2ccc3ncc(CN)n3c2)n1.[B]. The Morgan fingerprint density at radius 3 is 1.58 bits per heavy atom. The number of nitrogens with zero attached hydrogens (tertiary/aromatic N) is 6. The van der Waals surface area contributed by atoms with E-state index in [9.17, 15) is 4.79 Å². The molecule has 6 aromatic heterocycles. The van der Waals surface area contributed by atoms with Crippen LogP contribution in [0.2, 0.25) is 0 Å². The molecule has 0 unspecified atom stereocenters. The van der Waals surface area contributed by atoms with Crippen molar-refractivity contribution in [2.75, 3.05) is 0 Å². The van der Waals surface area contributed by atoms with E-state index in [4.69, 9.17) is 11.5 Å². The van der Waals surface area contributed by atoms with Crippen molar-refractivity contribution in [2.24, 2.45) is 11.5 Å². The van der Waals surface area contributed by atoms with Crippen LogP contribution >= 0.6 is 0 Å². The van der Waals surface area contributed by atoms with Gasteiger partial charge >= 0.3 is 0 Å². The standard InChI is InChI=1S/C20H16N4O.C20H18N4.B/c1-13-5-4-8-17(23-13)16-7-3-2-6-15(16)14-9-10-19-22-11-18(20(21)25)24(19)12-14;1-14-5-4-8-19(23-14)18-7-3-2-6-17(18)15-9-10-20-22-12-16(11-21)24(20)13-15;/h2-12H,1H3,(H2,21,25);2-10,12-13H,11,21H2,1H3;. The van der Waals surface area contributed by atoms with Crippen LogP contribution in [0.15, 0.2) is 134 Å². The van der Waals surface area contributed by atoms with Gasteiger partial charge in [0.25, 0.3) is 5.91 Å². The summed E-state index contributed by atoms with van der Waals surface area (Å²) in [5, 5.41) is 0. The molecule has 8 rings (SSSR count). The van der Waals surface area contributed by atoms with E-state index in [0.29, 0.717) is 17.9 Å². The van der Waals surface area contributed by atoms with Crippen molar-refractivity contribution in [3.8, 4) is 44.8 Å². The molecule has 50 heavy (non-hydrogen) atoms. The number of nitrogens with two attached hydrogens (primary N) is 2. The lowest BCUT2D eigenvalue weighted by molar-refractivity contribution is 0.0994. The van der Waals surface area contributed by atoms with Gasteiger partial charge in [0.15, 0.2) is 0 Å². The fourth-order valence-corrected chi connectivity index (χ4v) is 5.97. The van der Waals surface area contributed by atoms with Gasteiger partial charge in [0.1, 0.15) is 17.0 Å². The Morgan fingerprint density at radius 1 is 0.600 bits per heavy atom. The molecule has 3 radical (unpaired) electrons. The molecule has 0 aliphatic heterocycles. The number of pyridine rings is 4. The summed E-state index contributed by atoms with van der Waals surface area (Å²) >= 11 is 0. The highest BCUT2D eigenvalue weighted by atomic mass is 16.1. The summed E-state index contributed by atoms with van der Waals surface area (Å²) in [6, 6.07) is 36.5. The minimum Gasteiger partial charge on any atom is -0.364 e. The normalized spacial score (nSPS) is 10.8. The van der Waals surface area contributed by atoms with Crippen molar-refractivity contribution in [1.29, 1.82) is 0 Å². The fraction of sp³-hybridized carbons (Fsp3) is 0.0750. The van der Waals surface area contributed by atoms with Gasteiger partial charge in [-0.3, -0.25) is 19.2 Å². The molecule has 0 fully saturated rings. The Hall–Kier alpha value is -6.39. The predicted octanol–water partition coefficient (Wildman–Crippen LogP) is 6.92. The first-order valence-corrected chi connectivity index (χ1v) is 15.9. The molecule has 0 atom stereocenters. The second kappa shape index (κ2) is 14.4. The van der Waals surface area contributed by atoms with Crippen LogP contribution in [0.4, 0.5) is 0 Å². The molecular formula is C40H34BN8O. The molecule has 0 bridgehead atoms. The van der Waals surface area contributed by atoms with Gasteiger partial charge in [-0.15, -0.1) is 0 Å². The van der Waals surface area contributed by atoms with Crippen LogP contribution in [0, 0.1) is 13.8 Å². The first kappa shape index (κ1) is 33.5. The minimum atomic E-state index is -0.502. The molecule has 1 amide bonds. The molecule has 6 heterocycles. The van der Waals surface area contributed by atoms with Gasteiger partial charge in [0, 0.05) is 49.9 Å². The summed E-state index contributed by atoms with van der Waals surface area (Å²) in [6.45, 7) is 4.45. The van der Waals surface area contributed by atoms with Crippen LogP contribution in [-0.4, -0.2) is 43.1 Å². The van der Waals surface area contributed by atoms with Gasteiger partial charge in [-0.25, -0.2) is 9.97 Å². The Morgan fingerprint density at radius 2 is 1.08 bits per heavy atom. The van der Waals surface area contributed by atoms with Crippen LogP contribution in [0.3, 0.4) is 0 Å². The largest absolute Gasteiger partial charge is 0.364 e. The number of carbonyl (C=O) groups is 1. The molecule has 243 valence electrons. The number of imidazole rings is 2. The lowest BCUT2D eigenvalue weighted by Crippen LogP contribution is -2.13. The van der Waals surface area contributed by atoms with E-state index in [1.165, 1.54) is 6.20 Å². The first-order valence-electron chi connectivity index (χ1n) is 15.9. The lowest BCUT2D eigenvalue weighted by atomic mass is 9.98. The van der Waals surface area contributed by atoms with Crippen molar-refractivity contribution in [2.45, 2.75) is 20.4 Å². The van der Waals surface area contributed by atoms with Crippen molar-refractivity contribution < 1.29 is 4.79 Å². The third-order valence-corrected chi connectivity index (χ3v) is 8.35. The van der Waals surface area contributed by atoms with Crippen molar-refractivity contribution in [3.05, 3.63) is 157 Å². The van der Waals surface area contributed by atoms with E-state index in [0.717, 1.165) is 67.5 Å². The quantitative estimate of drug-likeness (QED) is 0.188. The maximum absolute atomic E-state index is 11.6. The summed E-state index contributed by atoms with van der Waals surface area (Å²) in [6.07, 6.45) is 7.30. The molecule has 0 spiro atoms. The van der Waals surface area contributed by atoms with Crippen LogP contribution in [0.25, 0.3) is 56.1 Å². The average Bonchev–Trinajstić information content (AvgIpc) is 3.75. The average molecular weight is 654 g/mol. The van der Waals surface area contributed by atoms with Crippen molar-refractivity contribution >= 4 is 25.6 Å². The van der Waals surface area contributed by atoms with Gasteiger partial charge in [0.2, 0.25) is 0 Å². The van der Waals surface area contributed by atoms with E-state index >= 15 is 0 Å². The number of fused-ring (bicyclic) bond motifs is 2. The predicted molar refractivity (Wildman–Crippen MR) is 199 cm³/mol. The molecule has 2 aromatic carbocycles. The van der Waals surface area contributed by atoms with Gasteiger partial charge in [-0.1, -0.05) is 60.7 Å². The van der Waals surface area contributed by atoms with Gasteiger partial charge in [0.05, 0.1) is 29.5 Å². The van der Waals surface area contributed by atoms with Crippen LogP contribution < -0.4 is 11.5 Å². The molecule has 4 N–H and O–H groups in total. The number of aryl methyl sites for hydroxylation is 2. The van der Waals surface area contributed by atoms with Crippen LogP contribution in [0.5, 0.6) is 0 Å². The smallest absolute Gasteiger partial charge is 0.267 e. The zero-order chi connectivity index (χ0) is 33.9. The third kappa shape index (κ3) is 6.65. The lowest BCUT2D eigenvalue weighted by Gasteiger charge is -2.11. The summed E-state index contributed by atoms with van der Waals surface area (Å²) in [4.78, 5) is 29.5. The maximum atomic E-state index is 11.6. The summed E-state index contributed by atoms with van der Waals surface area (Å²) in [5.74, 6) is -0.502. The Kier molecular flexibility index (Phi) is 9.65. The zero-order valence-electron chi connectivity index (χ0n) is 27.7. The molecule has 0 aliphatic carbocycles. The Balaban J connectivity index is 0.000000170. The van der Waals surface area contributed by atoms with Gasteiger partial charge in [-0.2, -0.15) is 0 Å². The molecule has 0 saturated heterocycles. The van der Waals surface area contributed by atoms with E-state index in [-0.39, 0.29) is 8.41 Å². The minimum absolute atomic E-state index is 0.